The molecule has 1 atom stereocenters. The standard InChI is InChI=1S/C20H26N2O2/c1-15-4-6-16(7-5-15)20(22-12-10-21-11-13-22)18-9-8-17(23-2)14-19(18)24-3/h4-9,14,20-21H,10-13H2,1-3H3. The maximum Gasteiger partial charge on any atom is 0.127 e. The smallest absolute Gasteiger partial charge is 0.127 e. The molecule has 1 fully saturated rings. The molecule has 0 aromatic heterocycles. The Balaban J connectivity index is 2.05. The Bertz CT molecular complexity index is 664. The fourth-order valence-electron chi connectivity index (χ4n) is 3.32. The number of methoxy groups -OCH3 is 2. The lowest BCUT2D eigenvalue weighted by Gasteiger charge is -2.36. The topological polar surface area (TPSA) is 33.7 Å². The molecule has 4 heteroatoms. The zero-order chi connectivity index (χ0) is 16.9. The van der Waals surface area contributed by atoms with Gasteiger partial charge in [0.25, 0.3) is 0 Å². The van der Waals surface area contributed by atoms with Crippen molar-refractivity contribution in [1.82, 2.24) is 10.2 Å². The molecule has 0 amide bonds. The Hall–Kier alpha value is -2.04. The third-order valence-electron chi connectivity index (χ3n) is 4.65. The number of piperazine rings is 1. The van der Waals surface area contributed by atoms with Gasteiger partial charge in [-0.15, -0.1) is 0 Å². The molecule has 2 aromatic rings. The quantitative estimate of drug-likeness (QED) is 0.916. The van der Waals surface area contributed by atoms with E-state index in [1.807, 2.05) is 12.1 Å². The molecule has 0 saturated carbocycles. The summed E-state index contributed by atoms with van der Waals surface area (Å²) in [6, 6.07) is 15.1. The van der Waals surface area contributed by atoms with Gasteiger partial charge in [-0.05, 0) is 24.6 Å². The van der Waals surface area contributed by atoms with E-state index >= 15 is 0 Å². The minimum Gasteiger partial charge on any atom is -0.497 e. The molecule has 1 N–H and O–H groups in total. The van der Waals surface area contributed by atoms with Crippen LogP contribution in [0.3, 0.4) is 0 Å². The number of nitrogens with one attached hydrogen (secondary N) is 1. The van der Waals surface area contributed by atoms with Crippen LogP contribution in [-0.4, -0.2) is 45.3 Å². The lowest BCUT2D eigenvalue weighted by Crippen LogP contribution is -2.45. The molecule has 1 heterocycles. The Morgan fingerprint density at radius 3 is 2.29 bits per heavy atom. The Labute approximate surface area is 144 Å². The Kier molecular flexibility index (Phi) is 5.38. The number of hydrogen-bond donors (Lipinski definition) is 1. The highest BCUT2D eigenvalue weighted by Crippen LogP contribution is 2.37. The monoisotopic (exact) mass is 326 g/mol. The van der Waals surface area contributed by atoms with Gasteiger partial charge in [-0.1, -0.05) is 29.8 Å². The van der Waals surface area contributed by atoms with Crippen LogP contribution in [0.1, 0.15) is 22.7 Å². The summed E-state index contributed by atoms with van der Waals surface area (Å²) in [5.74, 6) is 1.69. The first-order chi connectivity index (χ1) is 11.7. The maximum atomic E-state index is 5.68. The predicted octanol–water partition coefficient (Wildman–Crippen LogP) is 3.01. The molecule has 24 heavy (non-hydrogen) atoms. The van der Waals surface area contributed by atoms with Gasteiger partial charge in [0.05, 0.1) is 20.3 Å². The van der Waals surface area contributed by atoms with Gasteiger partial charge in [-0.3, -0.25) is 4.90 Å². The van der Waals surface area contributed by atoms with Crippen molar-refractivity contribution in [3.05, 3.63) is 59.2 Å². The van der Waals surface area contributed by atoms with E-state index in [1.54, 1.807) is 14.2 Å². The number of benzene rings is 2. The maximum absolute atomic E-state index is 5.68. The first-order valence-electron chi connectivity index (χ1n) is 8.46. The minimum atomic E-state index is 0.188. The second kappa shape index (κ2) is 7.69. The molecule has 3 rings (SSSR count). The molecule has 128 valence electrons. The van der Waals surface area contributed by atoms with E-state index in [9.17, 15) is 0 Å². The summed E-state index contributed by atoms with van der Waals surface area (Å²) < 4.78 is 11.0. The van der Waals surface area contributed by atoms with E-state index in [0.29, 0.717) is 0 Å². The highest BCUT2D eigenvalue weighted by Gasteiger charge is 2.26. The fraction of sp³-hybridized carbons (Fsp3) is 0.400. The van der Waals surface area contributed by atoms with Crippen LogP contribution in [0.2, 0.25) is 0 Å². The second-order valence-electron chi connectivity index (χ2n) is 6.21. The first kappa shape index (κ1) is 16.8. The number of ether oxygens (including phenoxy) is 2. The molecule has 1 aliphatic rings. The molecule has 1 saturated heterocycles. The van der Waals surface area contributed by atoms with Crippen molar-refractivity contribution >= 4 is 0 Å². The van der Waals surface area contributed by atoms with Crippen molar-refractivity contribution in [3.8, 4) is 11.5 Å². The van der Waals surface area contributed by atoms with Crippen molar-refractivity contribution < 1.29 is 9.47 Å². The van der Waals surface area contributed by atoms with Crippen LogP contribution in [0.5, 0.6) is 11.5 Å². The molecule has 0 aliphatic carbocycles. The molecule has 1 unspecified atom stereocenters. The number of hydrogen-bond acceptors (Lipinski definition) is 4. The number of rotatable bonds is 5. The van der Waals surface area contributed by atoms with Gasteiger partial charge in [-0.25, -0.2) is 0 Å². The summed E-state index contributed by atoms with van der Waals surface area (Å²) in [6.07, 6.45) is 0. The Morgan fingerprint density at radius 1 is 0.958 bits per heavy atom. The minimum absolute atomic E-state index is 0.188. The third-order valence-corrected chi connectivity index (χ3v) is 4.65. The Morgan fingerprint density at radius 2 is 1.67 bits per heavy atom. The van der Waals surface area contributed by atoms with Crippen LogP contribution in [0.4, 0.5) is 0 Å². The average molecular weight is 326 g/mol. The number of nitrogens with zero attached hydrogens (tertiary/aromatic N) is 1. The highest BCUT2D eigenvalue weighted by molar-refractivity contribution is 5.46. The predicted molar refractivity (Wildman–Crippen MR) is 97.0 cm³/mol. The molecule has 2 aromatic carbocycles. The summed E-state index contributed by atoms with van der Waals surface area (Å²) in [5.41, 5.74) is 3.76. The van der Waals surface area contributed by atoms with Crippen molar-refractivity contribution in [1.29, 1.82) is 0 Å². The van der Waals surface area contributed by atoms with Crippen molar-refractivity contribution in [3.63, 3.8) is 0 Å². The van der Waals surface area contributed by atoms with Crippen LogP contribution in [0, 0.1) is 6.92 Å². The summed E-state index contributed by atoms with van der Waals surface area (Å²) >= 11 is 0. The van der Waals surface area contributed by atoms with E-state index in [2.05, 4.69) is 47.5 Å². The molecular formula is C20H26N2O2. The van der Waals surface area contributed by atoms with Crippen LogP contribution < -0.4 is 14.8 Å². The van der Waals surface area contributed by atoms with Crippen LogP contribution in [0.25, 0.3) is 0 Å². The lowest BCUT2D eigenvalue weighted by molar-refractivity contribution is 0.195. The lowest BCUT2D eigenvalue weighted by atomic mass is 9.94. The fourth-order valence-corrected chi connectivity index (χ4v) is 3.32. The van der Waals surface area contributed by atoms with Gasteiger partial charge in [0.15, 0.2) is 0 Å². The summed E-state index contributed by atoms with van der Waals surface area (Å²) in [6.45, 7) is 6.20. The first-order valence-corrected chi connectivity index (χ1v) is 8.46. The zero-order valence-electron chi connectivity index (χ0n) is 14.7. The van der Waals surface area contributed by atoms with E-state index in [0.717, 1.165) is 37.7 Å². The number of aryl methyl sites for hydroxylation is 1. The molecule has 0 spiro atoms. The van der Waals surface area contributed by atoms with Gasteiger partial charge in [0, 0.05) is 37.8 Å². The van der Waals surface area contributed by atoms with Crippen LogP contribution in [0.15, 0.2) is 42.5 Å². The molecule has 0 bridgehead atoms. The van der Waals surface area contributed by atoms with E-state index < -0.39 is 0 Å². The van der Waals surface area contributed by atoms with Crippen molar-refractivity contribution in [2.24, 2.45) is 0 Å². The summed E-state index contributed by atoms with van der Waals surface area (Å²) in [4.78, 5) is 2.52. The summed E-state index contributed by atoms with van der Waals surface area (Å²) in [5, 5.41) is 3.44. The van der Waals surface area contributed by atoms with Crippen molar-refractivity contribution in [2.75, 3.05) is 40.4 Å². The van der Waals surface area contributed by atoms with Crippen molar-refractivity contribution in [2.45, 2.75) is 13.0 Å². The van der Waals surface area contributed by atoms with Crippen LogP contribution >= 0.6 is 0 Å². The van der Waals surface area contributed by atoms with Gasteiger partial charge in [0.1, 0.15) is 11.5 Å². The molecule has 0 radical (unpaired) electrons. The van der Waals surface area contributed by atoms with Gasteiger partial charge in [0.2, 0.25) is 0 Å². The molecule has 1 aliphatic heterocycles. The van der Waals surface area contributed by atoms with E-state index in [4.69, 9.17) is 9.47 Å². The third kappa shape index (κ3) is 3.55. The van der Waals surface area contributed by atoms with Crippen LogP contribution in [-0.2, 0) is 0 Å². The molecule has 4 nitrogen and oxygen atoms in total. The highest BCUT2D eigenvalue weighted by atomic mass is 16.5. The average Bonchev–Trinajstić information content (AvgIpc) is 2.64. The van der Waals surface area contributed by atoms with Gasteiger partial charge in [-0.2, -0.15) is 0 Å². The van der Waals surface area contributed by atoms with Gasteiger partial charge >= 0.3 is 0 Å². The van der Waals surface area contributed by atoms with E-state index in [-0.39, 0.29) is 6.04 Å². The normalized spacial score (nSPS) is 16.6. The molecular weight excluding hydrogens is 300 g/mol. The van der Waals surface area contributed by atoms with E-state index in [1.165, 1.54) is 16.7 Å². The van der Waals surface area contributed by atoms with Gasteiger partial charge < -0.3 is 14.8 Å². The largest absolute Gasteiger partial charge is 0.497 e. The second-order valence-corrected chi connectivity index (χ2v) is 6.21. The SMILES string of the molecule is COc1ccc(C(c2ccc(C)cc2)N2CCNCC2)c(OC)c1. The zero-order valence-corrected chi connectivity index (χ0v) is 14.7. The summed E-state index contributed by atoms with van der Waals surface area (Å²) in [7, 11) is 3.41.